The molecule has 1 amide bonds. The number of carbonyl (C=O) groups excluding carboxylic acids is 1. The van der Waals surface area contributed by atoms with E-state index in [-0.39, 0.29) is 12.3 Å². The predicted molar refractivity (Wildman–Crippen MR) is 48.2 cm³/mol. The van der Waals surface area contributed by atoms with E-state index in [4.69, 9.17) is 5.11 Å². The number of halogens is 2. The Balaban J connectivity index is 3.44. The third kappa shape index (κ3) is 6.73. The molecule has 84 valence electrons. The standard InChI is InChI=1S/C8H16F2N2O2/c1-2-11-4-3-7(14)12-5-6(13)8(9)10/h6,8,11,13H,2-5H2,1H3,(H,12,14). The van der Waals surface area contributed by atoms with E-state index < -0.39 is 19.1 Å². The molecule has 6 heteroatoms. The molecule has 0 saturated heterocycles. The van der Waals surface area contributed by atoms with E-state index in [0.717, 1.165) is 6.54 Å². The van der Waals surface area contributed by atoms with Crippen molar-refractivity contribution in [2.45, 2.75) is 25.9 Å². The summed E-state index contributed by atoms with van der Waals surface area (Å²) in [4.78, 5) is 10.9. The summed E-state index contributed by atoms with van der Waals surface area (Å²) in [7, 11) is 0. The topological polar surface area (TPSA) is 61.4 Å². The lowest BCUT2D eigenvalue weighted by atomic mass is 10.3. The molecule has 3 N–H and O–H groups in total. The summed E-state index contributed by atoms with van der Waals surface area (Å²) in [5, 5.41) is 13.8. The van der Waals surface area contributed by atoms with Gasteiger partial charge in [-0.25, -0.2) is 8.78 Å². The average Bonchev–Trinajstić information content (AvgIpc) is 2.14. The number of aliphatic hydroxyl groups excluding tert-OH is 1. The van der Waals surface area contributed by atoms with Crippen molar-refractivity contribution in [3.05, 3.63) is 0 Å². The maximum absolute atomic E-state index is 11.8. The Kier molecular flexibility index (Phi) is 7.23. The highest BCUT2D eigenvalue weighted by Gasteiger charge is 2.16. The SMILES string of the molecule is CCNCCC(=O)NCC(O)C(F)F. The molecule has 4 nitrogen and oxygen atoms in total. The van der Waals surface area contributed by atoms with Gasteiger partial charge in [0.15, 0.2) is 0 Å². The van der Waals surface area contributed by atoms with E-state index in [1.165, 1.54) is 0 Å². The van der Waals surface area contributed by atoms with E-state index in [0.29, 0.717) is 6.54 Å². The molecular formula is C8H16F2N2O2. The highest BCUT2D eigenvalue weighted by Crippen LogP contribution is 1.98. The monoisotopic (exact) mass is 210 g/mol. The number of carbonyl (C=O) groups is 1. The summed E-state index contributed by atoms with van der Waals surface area (Å²) in [5.74, 6) is -0.342. The predicted octanol–water partition coefficient (Wildman–Crippen LogP) is -0.272. The summed E-state index contributed by atoms with van der Waals surface area (Å²) in [6.07, 6.45) is -4.37. The molecule has 0 aliphatic rings. The molecule has 1 unspecified atom stereocenters. The number of hydrogen-bond donors (Lipinski definition) is 3. The maximum atomic E-state index is 11.8. The number of alkyl halides is 2. The van der Waals surface area contributed by atoms with E-state index in [1.807, 2.05) is 6.92 Å². The molecule has 1 atom stereocenters. The second-order valence-corrected chi connectivity index (χ2v) is 2.81. The molecule has 0 spiro atoms. The summed E-state index contributed by atoms with van der Waals surface area (Å²) >= 11 is 0. The highest BCUT2D eigenvalue weighted by molar-refractivity contribution is 5.76. The first kappa shape index (κ1) is 13.2. The lowest BCUT2D eigenvalue weighted by molar-refractivity contribution is -0.122. The minimum Gasteiger partial charge on any atom is -0.385 e. The summed E-state index contributed by atoms with van der Waals surface area (Å²) in [6, 6.07) is 0. The maximum Gasteiger partial charge on any atom is 0.265 e. The lowest BCUT2D eigenvalue weighted by Crippen LogP contribution is -2.36. The lowest BCUT2D eigenvalue weighted by Gasteiger charge is -2.10. The first-order valence-electron chi connectivity index (χ1n) is 4.51. The van der Waals surface area contributed by atoms with Crippen molar-refractivity contribution in [1.82, 2.24) is 10.6 Å². The van der Waals surface area contributed by atoms with Gasteiger partial charge >= 0.3 is 0 Å². The van der Waals surface area contributed by atoms with Gasteiger partial charge < -0.3 is 15.7 Å². The van der Waals surface area contributed by atoms with Gasteiger partial charge in [0.05, 0.1) is 0 Å². The Morgan fingerprint density at radius 3 is 2.64 bits per heavy atom. The van der Waals surface area contributed by atoms with E-state index in [9.17, 15) is 13.6 Å². The van der Waals surface area contributed by atoms with Crippen LogP contribution >= 0.6 is 0 Å². The quantitative estimate of drug-likeness (QED) is 0.507. The second kappa shape index (κ2) is 7.64. The first-order chi connectivity index (χ1) is 6.57. The van der Waals surface area contributed by atoms with Crippen molar-refractivity contribution >= 4 is 5.91 Å². The molecule has 0 saturated carbocycles. The van der Waals surface area contributed by atoms with Gasteiger partial charge in [-0.15, -0.1) is 0 Å². The van der Waals surface area contributed by atoms with Gasteiger partial charge in [-0.1, -0.05) is 6.92 Å². The van der Waals surface area contributed by atoms with Crippen molar-refractivity contribution in [2.75, 3.05) is 19.6 Å². The summed E-state index contributed by atoms with van der Waals surface area (Å²) in [5.41, 5.74) is 0. The number of aliphatic hydroxyl groups is 1. The molecule has 0 aliphatic carbocycles. The van der Waals surface area contributed by atoms with Gasteiger partial charge in [0, 0.05) is 19.5 Å². The Labute approximate surface area is 81.7 Å². The molecule has 0 heterocycles. The van der Waals surface area contributed by atoms with Crippen molar-refractivity contribution in [3.8, 4) is 0 Å². The van der Waals surface area contributed by atoms with E-state index in [1.54, 1.807) is 0 Å². The Morgan fingerprint density at radius 2 is 2.14 bits per heavy atom. The number of rotatable bonds is 7. The molecule has 0 rings (SSSR count). The molecule has 0 radical (unpaired) electrons. The van der Waals surface area contributed by atoms with Crippen LogP contribution in [0.1, 0.15) is 13.3 Å². The van der Waals surface area contributed by atoms with Crippen LogP contribution in [0.25, 0.3) is 0 Å². The van der Waals surface area contributed by atoms with Gasteiger partial charge in [-0.05, 0) is 6.54 Å². The first-order valence-corrected chi connectivity index (χ1v) is 4.51. The molecule has 0 bridgehead atoms. The molecule has 0 aliphatic heterocycles. The van der Waals surface area contributed by atoms with Crippen LogP contribution in [0.15, 0.2) is 0 Å². The van der Waals surface area contributed by atoms with Crippen LogP contribution in [0.2, 0.25) is 0 Å². The fraction of sp³-hybridized carbons (Fsp3) is 0.875. The zero-order valence-corrected chi connectivity index (χ0v) is 8.09. The van der Waals surface area contributed by atoms with E-state index >= 15 is 0 Å². The Bertz CT molecular complexity index is 167. The smallest absolute Gasteiger partial charge is 0.265 e. The molecule has 0 aromatic rings. The highest BCUT2D eigenvalue weighted by atomic mass is 19.3. The van der Waals surface area contributed by atoms with Crippen LogP contribution in [0, 0.1) is 0 Å². The Hall–Kier alpha value is -0.750. The number of hydrogen-bond acceptors (Lipinski definition) is 3. The third-order valence-corrected chi connectivity index (χ3v) is 1.58. The van der Waals surface area contributed by atoms with Crippen LogP contribution in [0.3, 0.4) is 0 Å². The molecular weight excluding hydrogens is 194 g/mol. The summed E-state index contributed by atoms with van der Waals surface area (Å²) < 4.78 is 23.5. The van der Waals surface area contributed by atoms with Gasteiger partial charge in [0.1, 0.15) is 6.10 Å². The zero-order valence-electron chi connectivity index (χ0n) is 8.09. The largest absolute Gasteiger partial charge is 0.385 e. The molecule has 14 heavy (non-hydrogen) atoms. The average molecular weight is 210 g/mol. The summed E-state index contributed by atoms with van der Waals surface area (Å²) in [6.45, 7) is 2.77. The van der Waals surface area contributed by atoms with E-state index in [2.05, 4.69) is 10.6 Å². The van der Waals surface area contributed by atoms with Crippen LogP contribution in [0.4, 0.5) is 8.78 Å². The van der Waals surface area contributed by atoms with Crippen molar-refractivity contribution in [1.29, 1.82) is 0 Å². The van der Waals surface area contributed by atoms with Crippen molar-refractivity contribution in [3.63, 3.8) is 0 Å². The third-order valence-electron chi connectivity index (χ3n) is 1.58. The van der Waals surface area contributed by atoms with Crippen LogP contribution < -0.4 is 10.6 Å². The van der Waals surface area contributed by atoms with Gasteiger partial charge in [0.2, 0.25) is 5.91 Å². The number of amides is 1. The Morgan fingerprint density at radius 1 is 1.50 bits per heavy atom. The minimum absolute atomic E-state index is 0.226. The molecule has 0 aromatic heterocycles. The van der Waals surface area contributed by atoms with Crippen LogP contribution in [0.5, 0.6) is 0 Å². The normalized spacial score (nSPS) is 12.9. The molecule has 0 aromatic carbocycles. The van der Waals surface area contributed by atoms with Crippen molar-refractivity contribution in [2.24, 2.45) is 0 Å². The second-order valence-electron chi connectivity index (χ2n) is 2.81. The van der Waals surface area contributed by atoms with Gasteiger partial charge in [-0.3, -0.25) is 4.79 Å². The molecule has 0 fully saturated rings. The fourth-order valence-electron chi connectivity index (χ4n) is 0.775. The zero-order chi connectivity index (χ0) is 11.0. The minimum atomic E-state index is -2.82. The number of nitrogens with one attached hydrogen (secondary N) is 2. The van der Waals surface area contributed by atoms with Crippen molar-refractivity contribution < 1.29 is 18.7 Å². The van der Waals surface area contributed by atoms with Crippen LogP contribution in [-0.2, 0) is 4.79 Å². The van der Waals surface area contributed by atoms with Gasteiger partial charge in [0.25, 0.3) is 6.43 Å². The van der Waals surface area contributed by atoms with Gasteiger partial charge in [-0.2, -0.15) is 0 Å². The van der Waals surface area contributed by atoms with Crippen LogP contribution in [-0.4, -0.2) is 43.2 Å². The fourth-order valence-corrected chi connectivity index (χ4v) is 0.775.